The van der Waals surface area contributed by atoms with Crippen LogP contribution in [0, 0.1) is 0 Å². The number of aryl methyl sites for hydroxylation is 1. The lowest BCUT2D eigenvalue weighted by molar-refractivity contribution is 0.111. The fourth-order valence-corrected chi connectivity index (χ4v) is 1.82. The van der Waals surface area contributed by atoms with E-state index in [1.165, 1.54) is 0 Å². The van der Waals surface area contributed by atoms with Gasteiger partial charge in [-0.3, -0.25) is 4.79 Å². The average molecular weight is 223 g/mol. The molecule has 16 heavy (non-hydrogen) atoms. The molecule has 1 saturated carbocycles. The van der Waals surface area contributed by atoms with Gasteiger partial charge in [0.15, 0.2) is 6.29 Å². The zero-order valence-electron chi connectivity index (χ0n) is 9.56. The van der Waals surface area contributed by atoms with Gasteiger partial charge in [-0.15, -0.1) is 5.10 Å². The van der Waals surface area contributed by atoms with Crippen molar-refractivity contribution in [3.63, 3.8) is 0 Å². The van der Waals surface area contributed by atoms with Crippen LogP contribution in [0.4, 0.5) is 0 Å². The van der Waals surface area contributed by atoms with Gasteiger partial charge in [0.05, 0.1) is 5.69 Å². The Hall–Kier alpha value is -1.23. The van der Waals surface area contributed by atoms with Gasteiger partial charge in [-0.2, -0.15) is 0 Å². The lowest BCUT2D eigenvalue weighted by atomic mass is 10.2. The normalized spacial score (nSPS) is 15.3. The van der Waals surface area contributed by atoms with Gasteiger partial charge in [-0.05, 0) is 26.2 Å². The molecule has 0 N–H and O–H groups in total. The predicted octanol–water partition coefficient (Wildman–Crippen LogP) is 1.39. The van der Waals surface area contributed by atoms with Crippen molar-refractivity contribution >= 4 is 6.29 Å². The van der Waals surface area contributed by atoms with E-state index in [-0.39, 0.29) is 0 Å². The highest BCUT2D eigenvalue weighted by Crippen LogP contribution is 2.40. The Morgan fingerprint density at radius 2 is 2.38 bits per heavy atom. The van der Waals surface area contributed by atoms with Crippen molar-refractivity contribution in [2.45, 2.75) is 38.6 Å². The first kappa shape index (κ1) is 11.3. The third-order valence-corrected chi connectivity index (χ3v) is 2.74. The van der Waals surface area contributed by atoms with Crippen LogP contribution in [0.3, 0.4) is 0 Å². The van der Waals surface area contributed by atoms with Gasteiger partial charge in [0.2, 0.25) is 0 Å². The molecule has 5 heteroatoms. The smallest absolute Gasteiger partial charge is 0.172 e. The van der Waals surface area contributed by atoms with Crippen LogP contribution in [0.25, 0.3) is 0 Å². The van der Waals surface area contributed by atoms with Crippen LogP contribution in [-0.4, -0.2) is 34.5 Å². The summed E-state index contributed by atoms with van der Waals surface area (Å²) in [5.41, 5.74) is 1.53. The van der Waals surface area contributed by atoms with Crippen molar-refractivity contribution in [2.75, 3.05) is 13.2 Å². The summed E-state index contributed by atoms with van der Waals surface area (Å²) in [6, 6.07) is 0. The molecule has 0 saturated heterocycles. The zero-order chi connectivity index (χ0) is 11.4. The minimum Gasteiger partial charge on any atom is -0.382 e. The molecule has 0 spiro atoms. The number of nitrogens with zero attached hydrogens (tertiary/aromatic N) is 3. The van der Waals surface area contributed by atoms with Gasteiger partial charge in [0.25, 0.3) is 0 Å². The van der Waals surface area contributed by atoms with Crippen molar-refractivity contribution in [1.82, 2.24) is 15.0 Å². The third-order valence-electron chi connectivity index (χ3n) is 2.74. The molecule has 5 nitrogen and oxygen atoms in total. The lowest BCUT2D eigenvalue weighted by Crippen LogP contribution is -2.08. The largest absolute Gasteiger partial charge is 0.382 e. The summed E-state index contributed by atoms with van der Waals surface area (Å²) in [5, 5.41) is 7.92. The Morgan fingerprint density at radius 1 is 1.56 bits per heavy atom. The summed E-state index contributed by atoms with van der Waals surface area (Å²) in [6.45, 7) is 4.24. The Bertz CT molecular complexity index is 358. The van der Waals surface area contributed by atoms with E-state index in [1.54, 1.807) is 0 Å². The molecule has 0 unspecified atom stereocenters. The highest BCUT2D eigenvalue weighted by atomic mass is 16.5. The number of rotatable bonds is 7. The van der Waals surface area contributed by atoms with Crippen LogP contribution >= 0.6 is 0 Å². The van der Waals surface area contributed by atoms with E-state index in [1.807, 2.05) is 11.6 Å². The molecule has 2 rings (SSSR count). The van der Waals surface area contributed by atoms with Crippen LogP contribution in [-0.2, 0) is 11.3 Å². The van der Waals surface area contributed by atoms with Crippen LogP contribution in [0.2, 0.25) is 0 Å². The average Bonchev–Trinajstić information content (AvgIpc) is 3.06. The van der Waals surface area contributed by atoms with E-state index in [2.05, 4.69) is 10.3 Å². The number of carbonyl (C=O) groups is 1. The van der Waals surface area contributed by atoms with Gasteiger partial charge in [-0.25, -0.2) is 4.68 Å². The summed E-state index contributed by atoms with van der Waals surface area (Å²) in [5.74, 6) is 0.502. The predicted molar refractivity (Wildman–Crippen MR) is 58.5 cm³/mol. The Kier molecular flexibility index (Phi) is 3.66. The molecule has 1 aliphatic rings. The molecular formula is C11H17N3O2. The standard InChI is InChI=1S/C11H17N3O2/c1-2-16-7-3-6-14-11(9-4-5-9)10(8-15)12-13-14/h8-9H,2-7H2,1H3. The van der Waals surface area contributed by atoms with E-state index >= 15 is 0 Å². The van der Waals surface area contributed by atoms with Gasteiger partial charge >= 0.3 is 0 Å². The first-order chi connectivity index (χ1) is 7.86. The van der Waals surface area contributed by atoms with Gasteiger partial charge < -0.3 is 4.74 Å². The first-order valence-corrected chi connectivity index (χ1v) is 5.83. The van der Waals surface area contributed by atoms with Crippen molar-refractivity contribution in [2.24, 2.45) is 0 Å². The quantitative estimate of drug-likeness (QED) is 0.518. The van der Waals surface area contributed by atoms with E-state index in [0.717, 1.165) is 51.0 Å². The fraction of sp³-hybridized carbons (Fsp3) is 0.727. The Labute approximate surface area is 94.8 Å². The summed E-state index contributed by atoms with van der Waals surface area (Å²) in [7, 11) is 0. The third kappa shape index (κ3) is 2.47. The second-order valence-corrected chi connectivity index (χ2v) is 4.03. The number of aromatic nitrogens is 3. The second-order valence-electron chi connectivity index (χ2n) is 4.03. The van der Waals surface area contributed by atoms with Crippen LogP contribution in [0.15, 0.2) is 0 Å². The summed E-state index contributed by atoms with van der Waals surface area (Å²) in [4.78, 5) is 10.8. The van der Waals surface area contributed by atoms with E-state index in [4.69, 9.17) is 4.74 Å². The van der Waals surface area contributed by atoms with Gasteiger partial charge in [0, 0.05) is 25.7 Å². The molecule has 0 aromatic carbocycles. The summed E-state index contributed by atoms with van der Waals surface area (Å²) < 4.78 is 7.13. The summed E-state index contributed by atoms with van der Waals surface area (Å²) >= 11 is 0. The zero-order valence-corrected chi connectivity index (χ0v) is 9.56. The molecule has 0 amide bonds. The number of hydrogen-bond donors (Lipinski definition) is 0. The van der Waals surface area contributed by atoms with E-state index in [9.17, 15) is 4.79 Å². The number of aldehydes is 1. The molecule has 1 aromatic rings. The van der Waals surface area contributed by atoms with Crippen molar-refractivity contribution < 1.29 is 9.53 Å². The topological polar surface area (TPSA) is 57.0 Å². The maximum absolute atomic E-state index is 10.8. The number of carbonyl (C=O) groups excluding carboxylic acids is 1. The SMILES string of the molecule is CCOCCCn1nnc(C=O)c1C1CC1. The Morgan fingerprint density at radius 3 is 3.00 bits per heavy atom. The van der Waals surface area contributed by atoms with E-state index < -0.39 is 0 Å². The fourth-order valence-electron chi connectivity index (χ4n) is 1.82. The molecule has 1 fully saturated rings. The lowest BCUT2D eigenvalue weighted by Gasteiger charge is -2.05. The number of hydrogen-bond acceptors (Lipinski definition) is 4. The second kappa shape index (κ2) is 5.21. The molecule has 0 atom stereocenters. The monoisotopic (exact) mass is 223 g/mol. The van der Waals surface area contributed by atoms with Crippen LogP contribution < -0.4 is 0 Å². The van der Waals surface area contributed by atoms with Crippen LogP contribution in [0.1, 0.15) is 48.3 Å². The van der Waals surface area contributed by atoms with E-state index in [0.29, 0.717) is 11.6 Å². The van der Waals surface area contributed by atoms with Crippen molar-refractivity contribution in [1.29, 1.82) is 0 Å². The molecule has 0 radical (unpaired) electrons. The molecular weight excluding hydrogens is 206 g/mol. The molecule has 1 aliphatic carbocycles. The Balaban J connectivity index is 1.97. The maximum atomic E-state index is 10.8. The minimum atomic E-state index is 0.502. The maximum Gasteiger partial charge on any atom is 0.172 e. The molecule has 0 aliphatic heterocycles. The van der Waals surface area contributed by atoms with Crippen molar-refractivity contribution in [3.8, 4) is 0 Å². The van der Waals surface area contributed by atoms with Crippen LogP contribution in [0.5, 0.6) is 0 Å². The van der Waals surface area contributed by atoms with Crippen molar-refractivity contribution in [3.05, 3.63) is 11.4 Å². The summed E-state index contributed by atoms with van der Waals surface area (Å²) in [6.07, 6.45) is 4.02. The minimum absolute atomic E-state index is 0.502. The van der Waals surface area contributed by atoms with Gasteiger partial charge in [0.1, 0.15) is 5.69 Å². The molecule has 0 bridgehead atoms. The first-order valence-electron chi connectivity index (χ1n) is 5.83. The molecule has 1 aromatic heterocycles. The highest BCUT2D eigenvalue weighted by Gasteiger charge is 2.30. The molecule has 88 valence electrons. The number of ether oxygens (including phenoxy) is 1. The highest BCUT2D eigenvalue weighted by molar-refractivity contribution is 5.73. The molecule has 1 heterocycles. The van der Waals surface area contributed by atoms with Gasteiger partial charge in [-0.1, -0.05) is 5.21 Å².